The lowest BCUT2D eigenvalue weighted by molar-refractivity contribution is 0.562. The molecule has 0 aromatic rings. The number of hydrogen-bond acceptors (Lipinski definition) is 2. The van der Waals surface area contributed by atoms with Gasteiger partial charge in [-0.15, -0.1) is 0 Å². The van der Waals surface area contributed by atoms with Gasteiger partial charge in [0.15, 0.2) is 0 Å². The maximum absolute atomic E-state index is 5.16. The van der Waals surface area contributed by atoms with Gasteiger partial charge in [0.1, 0.15) is 0 Å². The van der Waals surface area contributed by atoms with Crippen molar-refractivity contribution in [2.45, 2.75) is 0 Å². The maximum atomic E-state index is 5.16. The zero-order chi connectivity index (χ0) is 5.70. The molecule has 42 valence electrons. The third-order valence-electron chi connectivity index (χ3n) is 0.540. The lowest BCUT2D eigenvalue weighted by Crippen LogP contribution is -2.02. The van der Waals surface area contributed by atoms with Crippen molar-refractivity contribution in [3.63, 3.8) is 0 Å². The van der Waals surface area contributed by atoms with Gasteiger partial charge < -0.3 is 10.6 Å². The molecule has 0 bridgehead atoms. The Labute approximate surface area is 44.6 Å². The Morgan fingerprint density at radius 2 is 2.14 bits per heavy atom. The fourth-order valence-electron chi connectivity index (χ4n) is 0.272. The zero-order valence-corrected chi connectivity index (χ0v) is 4.89. The second-order valence-corrected chi connectivity index (χ2v) is 1.58. The molecular weight excluding hydrogens is 88.1 g/mol. The molecule has 0 rings (SSSR count). The highest BCUT2D eigenvalue weighted by atomic mass is 15.0. The number of nitrogens with zero attached hydrogens (tertiary/aromatic N) is 1. The first kappa shape index (κ1) is 6.50. The van der Waals surface area contributed by atoms with Gasteiger partial charge in [0.05, 0.1) is 0 Å². The average molecular weight is 100 g/mol. The van der Waals surface area contributed by atoms with Crippen molar-refractivity contribution < 1.29 is 0 Å². The van der Waals surface area contributed by atoms with Crippen LogP contribution >= 0.6 is 0 Å². The van der Waals surface area contributed by atoms with Gasteiger partial charge in [-0.05, 0) is 6.20 Å². The van der Waals surface area contributed by atoms with Gasteiger partial charge in [-0.3, -0.25) is 0 Å². The smallest absolute Gasteiger partial charge is 0.0124 e. The molecule has 0 heterocycles. The molecule has 0 aliphatic heterocycles. The first-order chi connectivity index (χ1) is 3.27. The fourth-order valence-corrected chi connectivity index (χ4v) is 0.272. The van der Waals surface area contributed by atoms with Gasteiger partial charge in [-0.1, -0.05) is 6.08 Å². The summed E-state index contributed by atoms with van der Waals surface area (Å²) >= 11 is 0. The van der Waals surface area contributed by atoms with Crippen LogP contribution in [0.1, 0.15) is 0 Å². The Morgan fingerprint density at radius 1 is 1.57 bits per heavy atom. The molecule has 0 amide bonds. The van der Waals surface area contributed by atoms with E-state index in [-0.39, 0.29) is 0 Å². The minimum Gasteiger partial charge on any atom is -0.384 e. The first-order valence-corrected chi connectivity index (χ1v) is 2.30. The van der Waals surface area contributed by atoms with Crippen molar-refractivity contribution >= 4 is 0 Å². The molecule has 0 saturated heterocycles. The van der Waals surface area contributed by atoms with Gasteiger partial charge in [0, 0.05) is 20.6 Å². The van der Waals surface area contributed by atoms with Crippen molar-refractivity contribution in [2.24, 2.45) is 5.73 Å². The highest BCUT2D eigenvalue weighted by Gasteiger charge is 1.69. The second kappa shape index (κ2) is 3.68. The molecule has 0 atom stereocenters. The molecule has 2 N–H and O–H groups in total. The van der Waals surface area contributed by atoms with Crippen LogP contribution in [0, 0.1) is 0 Å². The van der Waals surface area contributed by atoms with E-state index in [0.717, 1.165) is 0 Å². The molecule has 0 aliphatic rings. The quantitative estimate of drug-likeness (QED) is 0.530. The minimum absolute atomic E-state index is 0.623. The summed E-state index contributed by atoms with van der Waals surface area (Å²) in [6.45, 7) is 0.623. The Kier molecular flexibility index (Phi) is 3.42. The summed E-state index contributed by atoms with van der Waals surface area (Å²) in [6, 6.07) is 0. The number of nitrogens with two attached hydrogens (primary N) is 1. The Hall–Kier alpha value is -0.500. The summed E-state index contributed by atoms with van der Waals surface area (Å²) in [4.78, 5) is 1.95. The van der Waals surface area contributed by atoms with Crippen molar-refractivity contribution in [3.05, 3.63) is 12.3 Å². The number of hydrogen-bond donors (Lipinski definition) is 1. The van der Waals surface area contributed by atoms with Crippen molar-refractivity contribution in [2.75, 3.05) is 20.6 Å². The SMILES string of the molecule is CN(C)/C=C\CN. The van der Waals surface area contributed by atoms with E-state index in [4.69, 9.17) is 5.73 Å². The largest absolute Gasteiger partial charge is 0.384 e. The molecule has 0 aromatic carbocycles. The van der Waals surface area contributed by atoms with Crippen LogP contribution in [-0.4, -0.2) is 25.5 Å². The first-order valence-electron chi connectivity index (χ1n) is 2.30. The molecule has 0 aromatic heterocycles. The van der Waals surface area contributed by atoms with Crippen LogP contribution in [0.25, 0.3) is 0 Å². The van der Waals surface area contributed by atoms with Crippen molar-refractivity contribution in [1.29, 1.82) is 0 Å². The third kappa shape index (κ3) is 5.50. The molecular formula is C5H12N2. The Morgan fingerprint density at radius 3 is 2.29 bits per heavy atom. The predicted octanol–water partition coefficient (Wildman–Crippen LogP) is 0.0204. The second-order valence-electron chi connectivity index (χ2n) is 1.58. The molecule has 0 fully saturated rings. The zero-order valence-electron chi connectivity index (χ0n) is 4.89. The molecule has 2 nitrogen and oxygen atoms in total. The summed E-state index contributed by atoms with van der Waals surface area (Å²) in [5.74, 6) is 0. The Bertz CT molecular complexity index is 57.1. The third-order valence-corrected chi connectivity index (χ3v) is 0.540. The standard InChI is InChI=1S/C5H12N2/c1-7(2)5-3-4-6/h3,5H,4,6H2,1-2H3/b5-3-. The molecule has 0 radical (unpaired) electrons. The molecule has 0 aliphatic carbocycles. The average Bonchev–Trinajstić information content (AvgIpc) is 1.61. The highest BCUT2D eigenvalue weighted by Crippen LogP contribution is 1.72. The summed E-state index contributed by atoms with van der Waals surface area (Å²) in [6.07, 6.45) is 3.83. The van der Waals surface area contributed by atoms with Crippen LogP contribution < -0.4 is 5.73 Å². The van der Waals surface area contributed by atoms with Crippen LogP contribution in [0.3, 0.4) is 0 Å². The fraction of sp³-hybridized carbons (Fsp3) is 0.600. The van der Waals surface area contributed by atoms with Crippen molar-refractivity contribution in [3.8, 4) is 0 Å². The van der Waals surface area contributed by atoms with Crippen LogP contribution in [-0.2, 0) is 0 Å². The number of rotatable bonds is 2. The van der Waals surface area contributed by atoms with Crippen LogP contribution in [0.4, 0.5) is 0 Å². The van der Waals surface area contributed by atoms with Gasteiger partial charge in [0.2, 0.25) is 0 Å². The van der Waals surface area contributed by atoms with E-state index in [2.05, 4.69) is 0 Å². The van der Waals surface area contributed by atoms with Gasteiger partial charge >= 0.3 is 0 Å². The molecule has 0 spiro atoms. The van der Waals surface area contributed by atoms with Crippen LogP contribution in [0.15, 0.2) is 12.3 Å². The van der Waals surface area contributed by atoms with Crippen LogP contribution in [0.2, 0.25) is 0 Å². The van der Waals surface area contributed by atoms with E-state index in [1.807, 2.05) is 31.3 Å². The lowest BCUT2D eigenvalue weighted by Gasteiger charge is -2.00. The van der Waals surface area contributed by atoms with E-state index in [1.165, 1.54) is 0 Å². The minimum atomic E-state index is 0.623. The lowest BCUT2D eigenvalue weighted by atomic mass is 10.6. The predicted molar refractivity (Wildman–Crippen MR) is 31.9 cm³/mol. The van der Waals surface area contributed by atoms with Gasteiger partial charge in [0.25, 0.3) is 0 Å². The molecule has 7 heavy (non-hydrogen) atoms. The summed E-state index contributed by atoms with van der Waals surface area (Å²) in [7, 11) is 3.93. The molecule has 2 heteroatoms. The summed E-state index contributed by atoms with van der Waals surface area (Å²) in [5, 5.41) is 0. The molecule has 0 saturated carbocycles. The van der Waals surface area contributed by atoms with Gasteiger partial charge in [-0.25, -0.2) is 0 Å². The van der Waals surface area contributed by atoms with Crippen molar-refractivity contribution in [1.82, 2.24) is 4.90 Å². The van der Waals surface area contributed by atoms with E-state index in [9.17, 15) is 0 Å². The van der Waals surface area contributed by atoms with Crippen LogP contribution in [0.5, 0.6) is 0 Å². The molecule has 0 unspecified atom stereocenters. The van der Waals surface area contributed by atoms with Gasteiger partial charge in [-0.2, -0.15) is 0 Å². The van der Waals surface area contributed by atoms with E-state index in [0.29, 0.717) is 6.54 Å². The van der Waals surface area contributed by atoms with E-state index in [1.54, 1.807) is 0 Å². The normalized spacial score (nSPS) is 10.1. The summed E-state index contributed by atoms with van der Waals surface area (Å²) in [5.41, 5.74) is 5.16. The Balaban J connectivity index is 3.08. The van der Waals surface area contributed by atoms with E-state index >= 15 is 0 Å². The monoisotopic (exact) mass is 100 g/mol. The van der Waals surface area contributed by atoms with E-state index < -0.39 is 0 Å². The maximum Gasteiger partial charge on any atom is 0.0124 e. The topological polar surface area (TPSA) is 29.3 Å². The highest BCUT2D eigenvalue weighted by molar-refractivity contribution is 4.79. The summed E-state index contributed by atoms with van der Waals surface area (Å²) < 4.78 is 0.